The van der Waals surface area contributed by atoms with E-state index in [0.29, 0.717) is 13.1 Å². The highest BCUT2D eigenvalue weighted by atomic mass is 16.2. The third-order valence-corrected chi connectivity index (χ3v) is 5.70. The lowest BCUT2D eigenvalue weighted by Crippen LogP contribution is -2.30. The summed E-state index contributed by atoms with van der Waals surface area (Å²) in [5.74, 6) is 1.03. The van der Waals surface area contributed by atoms with E-state index in [1.54, 1.807) is 0 Å². The minimum absolute atomic E-state index is 0.0739. The Balaban J connectivity index is 1.67. The summed E-state index contributed by atoms with van der Waals surface area (Å²) in [5.41, 5.74) is 4.59. The number of carbonyl (C=O) groups excluding carboxylic acids is 1. The molecule has 0 aliphatic carbocycles. The van der Waals surface area contributed by atoms with E-state index in [0.717, 1.165) is 46.6 Å². The molecule has 29 heavy (non-hydrogen) atoms. The van der Waals surface area contributed by atoms with Gasteiger partial charge in [0.25, 0.3) is 5.91 Å². The number of hydrogen-bond acceptors (Lipinski definition) is 4. The van der Waals surface area contributed by atoms with Crippen LogP contribution >= 0.6 is 0 Å². The summed E-state index contributed by atoms with van der Waals surface area (Å²) in [4.78, 5) is 26.4. The van der Waals surface area contributed by atoms with Crippen molar-refractivity contribution in [1.29, 1.82) is 0 Å². The number of rotatable bonds is 5. The molecule has 0 N–H and O–H groups in total. The smallest absolute Gasteiger partial charge is 0.253 e. The fourth-order valence-electron chi connectivity index (χ4n) is 3.98. The largest absolute Gasteiger partial charge is 0.355 e. The molecule has 1 fully saturated rings. The monoisotopic (exact) mass is 388 g/mol. The summed E-state index contributed by atoms with van der Waals surface area (Å²) >= 11 is 0. The van der Waals surface area contributed by atoms with Gasteiger partial charge in [-0.1, -0.05) is 18.2 Å². The van der Waals surface area contributed by atoms with Crippen molar-refractivity contribution in [3.05, 3.63) is 54.2 Å². The van der Waals surface area contributed by atoms with Gasteiger partial charge in [0.1, 0.15) is 5.82 Å². The van der Waals surface area contributed by atoms with Gasteiger partial charge >= 0.3 is 0 Å². The van der Waals surface area contributed by atoms with E-state index in [1.807, 2.05) is 55.3 Å². The molecule has 1 aliphatic heterocycles. The highest BCUT2D eigenvalue weighted by molar-refractivity contribution is 5.95. The zero-order valence-electron chi connectivity index (χ0n) is 17.3. The number of aromatic nitrogens is 2. The maximum atomic E-state index is 12.7. The predicted octanol–water partition coefficient (Wildman–Crippen LogP) is 4.77. The van der Waals surface area contributed by atoms with Crippen molar-refractivity contribution in [2.45, 2.75) is 33.1 Å². The van der Waals surface area contributed by atoms with Gasteiger partial charge in [0.05, 0.1) is 17.2 Å². The molecule has 2 heterocycles. The van der Waals surface area contributed by atoms with Crippen LogP contribution in [0.15, 0.2) is 48.7 Å². The molecule has 3 aromatic rings. The van der Waals surface area contributed by atoms with E-state index < -0.39 is 0 Å². The van der Waals surface area contributed by atoms with Gasteiger partial charge < -0.3 is 9.80 Å². The van der Waals surface area contributed by atoms with Gasteiger partial charge in [-0.25, -0.2) is 4.98 Å². The molecule has 150 valence electrons. The molecule has 0 spiro atoms. The molecule has 1 saturated heterocycles. The molecule has 5 heteroatoms. The van der Waals surface area contributed by atoms with Gasteiger partial charge in [-0.05, 0) is 68.5 Å². The lowest BCUT2D eigenvalue weighted by molar-refractivity contribution is 0.0773. The van der Waals surface area contributed by atoms with Crippen LogP contribution in [-0.2, 0) is 0 Å². The molecule has 2 aromatic carbocycles. The normalized spacial score (nSPS) is 14.2. The summed E-state index contributed by atoms with van der Waals surface area (Å²) in [6.45, 7) is 7.54. The molecule has 0 atom stereocenters. The molecule has 0 saturated carbocycles. The minimum atomic E-state index is 0.0739. The van der Waals surface area contributed by atoms with Crippen LogP contribution in [0.25, 0.3) is 22.2 Å². The lowest BCUT2D eigenvalue weighted by atomic mass is 10.0. The second kappa shape index (κ2) is 8.60. The number of amides is 1. The Labute approximate surface area is 172 Å². The van der Waals surface area contributed by atoms with E-state index in [1.165, 1.54) is 19.3 Å². The number of anilines is 1. The van der Waals surface area contributed by atoms with Gasteiger partial charge in [0, 0.05) is 31.7 Å². The van der Waals surface area contributed by atoms with Crippen LogP contribution in [-0.4, -0.2) is 47.0 Å². The maximum Gasteiger partial charge on any atom is 0.253 e. The van der Waals surface area contributed by atoms with Crippen molar-refractivity contribution in [3.63, 3.8) is 0 Å². The van der Waals surface area contributed by atoms with Crippen molar-refractivity contribution in [2.24, 2.45) is 0 Å². The van der Waals surface area contributed by atoms with Crippen LogP contribution < -0.4 is 4.90 Å². The Morgan fingerprint density at radius 1 is 0.966 bits per heavy atom. The number of piperidine rings is 1. The summed E-state index contributed by atoms with van der Waals surface area (Å²) in [7, 11) is 0. The minimum Gasteiger partial charge on any atom is -0.355 e. The first-order valence-electron chi connectivity index (χ1n) is 10.6. The quantitative estimate of drug-likeness (QED) is 0.632. The van der Waals surface area contributed by atoms with Gasteiger partial charge in [-0.3, -0.25) is 9.78 Å². The number of fused-ring (bicyclic) bond motifs is 1. The number of hydrogen-bond donors (Lipinski definition) is 0. The Morgan fingerprint density at radius 2 is 1.72 bits per heavy atom. The predicted molar refractivity (Wildman–Crippen MR) is 118 cm³/mol. The second-order valence-electron chi connectivity index (χ2n) is 7.54. The Morgan fingerprint density at radius 3 is 2.48 bits per heavy atom. The average molecular weight is 389 g/mol. The first-order chi connectivity index (χ1) is 14.2. The molecule has 4 rings (SSSR count). The number of nitrogens with zero attached hydrogens (tertiary/aromatic N) is 4. The summed E-state index contributed by atoms with van der Waals surface area (Å²) in [5, 5.41) is 0. The summed E-state index contributed by atoms with van der Waals surface area (Å²) in [6.07, 6.45) is 5.61. The summed E-state index contributed by atoms with van der Waals surface area (Å²) in [6, 6.07) is 14.0. The SMILES string of the molecule is CCN(CC)C(=O)c1cccc(-c2ccc3ncc(N4CCCCC4)nc3c2)c1. The zero-order valence-corrected chi connectivity index (χ0v) is 17.3. The molecule has 1 aromatic heterocycles. The van der Waals surface area contributed by atoms with Crippen molar-refractivity contribution >= 4 is 22.8 Å². The van der Waals surface area contributed by atoms with Crippen LogP contribution in [0.5, 0.6) is 0 Å². The van der Waals surface area contributed by atoms with Crippen molar-refractivity contribution < 1.29 is 4.79 Å². The first-order valence-corrected chi connectivity index (χ1v) is 10.6. The maximum absolute atomic E-state index is 12.7. The van der Waals surface area contributed by atoms with Crippen molar-refractivity contribution in [1.82, 2.24) is 14.9 Å². The second-order valence-corrected chi connectivity index (χ2v) is 7.54. The third kappa shape index (κ3) is 4.09. The van der Waals surface area contributed by atoms with Gasteiger partial charge in [0.15, 0.2) is 0 Å². The van der Waals surface area contributed by atoms with E-state index >= 15 is 0 Å². The van der Waals surface area contributed by atoms with Gasteiger partial charge in [-0.15, -0.1) is 0 Å². The highest BCUT2D eigenvalue weighted by Crippen LogP contribution is 2.26. The topological polar surface area (TPSA) is 49.3 Å². The fourth-order valence-corrected chi connectivity index (χ4v) is 3.98. The molecule has 0 bridgehead atoms. The summed E-state index contributed by atoms with van der Waals surface area (Å²) < 4.78 is 0. The van der Waals surface area contributed by atoms with Crippen molar-refractivity contribution in [2.75, 3.05) is 31.1 Å². The highest BCUT2D eigenvalue weighted by Gasteiger charge is 2.15. The van der Waals surface area contributed by atoms with Crippen LogP contribution in [0.3, 0.4) is 0 Å². The van der Waals surface area contributed by atoms with Crippen LogP contribution in [0, 0.1) is 0 Å². The van der Waals surface area contributed by atoms with Crippen LogP contribution in [0.2, 0.25) is 0 Å². The molecule has 1 amide bonds. The van der Waals surface area contributed by atoms with E-state index in [2.05, 4.69) is 22.0 Å². The molecule has 0 unspecified atom stereocenters. The Hall–Kier alpha value is -2.95. The Bertz CT molecular complexity index is 1010. The number of benzene rings is 2. The van der Waals surface area contributed by atoms with Gasteiger partial charge in [0.2, 0.25) is 0 Å². The van der Waals surface area contributed by atoms with Crippen LogP contribution in [0.4, 0.5) is 5.82 Å². The van der Waals surface area contributed by atoms with E-state index in [4.69, 9.17) is 4.98 Å². The number of carbonyl (C=O) groups is 1. The standard InChI is InChI=1S/C24H28N4O/c1-3-27(4-2)24(29)20-10-8-9-18(15-20)19-11-12-21-22(16-19)26-23(17-25-21)28-13-6-5-7-14-28/h8-12,15-17H,3-7,13-14H2,1-2H3. The molecular formula is C24H28N4O. The van der Waals surface area contributed by atoms with E-state index in [9.17, 15) is 4.79 Å². The van der Waals surface area contributed by atoms with Gasteiger partial charge in [-0.2, -0.15) is 0 Å². The lowest BCUT2D eigenvalue weighted by Gasteiger charge is -2.27. The van der Waals surface area contributed by atoms with E-state index in [-0.39, 0.29) is 5.91 Å². The molecule has 5 nitrogen and oxygen atoms in total. The first kappa shape index (κ1) is 19.4. The fraction of sp³-hybridized carbons (Fsp3) is 0.375. The molecular weight excluding hydrogens is 360 g/mol. The zero-order chi connectivity index (χ0) is 20.2. The Kier molecular flexibility index (Phi) is 5.74. The van der Waals surface area contributed by atoms with Crippen molar-refractivity contribution in [3.8, 4) is 11.1 Å². The third-order valence-electron chi connectivity index (χ3n) is 5.70. The molecule has 0 radical (unpaired) electrons. The van der Waals surface area contributed by atoms with Crippen LogP contribution in [0.1, 0.15) is 43.5 Å². The molecule has 1 aliphatic rings. The average Bonchev–Trinajstić information content (AvgIpc) is 2.79.